The molecule has 1 aliphatic heterocycles. The molecule has 9 heteroatoms. The van der Waals surface area contributed by atoms with Gasteiger partial charge < -0.3 is 5.11 Å². The molecule has 20 heavy (non-hydrogen) atoms. The highest BCUT2D eigenvalue weighted by Crippen LogP contribution is 2.34. The molecule has 0 radical (unpaired) electrons. The van der Waals surface area contributed by atoms with Crippen LogP contribution in [0.5, 0.6) is 0 Å². The number of halogens is 1. The van der Waals surface area contributed by atoms with Crippen molar-refractivity contribution >= 4 is 27.3 Å². The van der Waals surface area contributed by atoms with Crippen LogP contribution < -0.4 is 0 Å². The van der Waals surface area contributed by atoms with Gasteiger partial charge in [0.2, 0.25) is 10.0 Å². The van der Waals surface area contributed by atoms with Crippen LogP contribution in [-0.4, -0.2) is 41.4 Å². The second kappa shape index (κ2) is 4.96. The van der Waals surface area contributed by atoms with Gasteiger partial charge in [-0.15, -0.1) is 0 Å². The molecule has 1 N–H and O–H groups in total. The van der Waals surface area contributed by atoms with E-state index in [-0.39, 0.29) is 28.7 Å². The van der Waals surface area contributed by atoms with Crippen LogP contribution in [0, 0.1) is 10.1 Å². The lowest BCUT2D eigenvalue weighted by atomic mass is 9.94. The number of benzene rings is 1. The highest BCUT2D eigenvalue weighted by Gasteiger charge is 2.46. The smallest absolute Gasteiger partial charge is 0.271 e. The Morgan fingerprint density at radius 2 is 2.10 bits per heavy atom. The van der Waals surface area contributed by atoms with Gasteiger partial charge in [-0.25, -0.2) is 8.42 Å². The molecule has 1 fully saturated rings. The van der Waals surface area contributed by atoms with Gasteiger partial charge in [0.05, 0.1) is 15.5 Å². The van der Waals surface area contributed by atoms with E-state index in [1.54, 1.807) is 6.92 Å². The van der Waals surface area contributed by atoms with E-state index in [4.69, 9.17) is 11.6 Å². The molecule has 0 aliphatic carbocycles. The molecular weight excluding hydrogens is 308 g/mol. The molecule has 2 rings (SSSR count). The van der Waals surface area contributed by atoms with Crippen molar-refractivity contribution in [3.05, 3.63) is 33.3 Å². The summed E-state index contributed by atoms with van der Waals surface area (Å²) >= 11 is 5.82. The van der Waals surface area contributed by atoms with Gasteiger partial charge in [0.1, 0.15) is 4.90 Å². The van der Waals surface area contributed by atoms with E-state index in [1.807, 2.05) is 0 Å². The Morgan fingerprint density at radius 3 is 2.55 bits per heavy atom. The molecule has 0 aromatic heterocycles. The number of aliphatic hydroxyl groups is 1. The van der Waals surface area contributed by atoms with Crippen LogP contribution in [0.4, 0.5) is 5.69 Å². The first-order valence-corrected chi connectivity index (χ1v) is 7.68. The number of nitro groups is 1. The summed E-state index contributed by atoms with van der Waals surface area (Å²) in [7, 11) is -3.84. The zero-order valence-corrected chi connectivity index (χ0v) is 12.2. The first-order chi connectivity index (χ1) is 9.19. The molecule has 0 spiro atoms. The number of hydrogen-bond acceptors (Lipinski definition) is 5. The minimum atomic E-state index is -3.84. The first kappa shape index (κ1) is 15.2. The van der Waals surface area contributed by atoms with Crippen LogP contribution >= 0.6 is 11.6 Å². The van der Waals surface area contributed by atoms with Crippen LogP contribution in [0.25, 0.3) is 0 Å². The van der Waals surface area contributed by atoms with Crippen molar-refractivity contribution in [1.82, 2.24) is 4.31 Å². The fourth-order valence-corrected chi connectivity index (χ4v) is 4.07. The molecule has 0 amide bonds. The number of nitro benzene ring substituents is 1. The van der Waals surface area contributed by atoms with Gasteiger partial charge in [0.25, 0.3) is 5.69 Å². The van der Waals surface area contributed by atoms with Crippen LogP contribution in [0.3, 0.4) is 0 Å². The molecule has 7 nitrogen and oxygen atoms in total. The predicted octanol–water partition coefficient (Wildman–Crippen LogP) is 1.39. The minimum Gasteiger partial charge on any atom is -0.387 e. The normalized spacial score (nSPS) is 18.6. The van der Waals surface area contributed by atoms with Gasteiger partial charge >= 0.3 is 0 Å². The fourth-order valence-electron chi connectivity index (χ4n) is 1.96. The highest BCUT2D eigenvalue weighted by molar-refractivity contribution is 7.89. The van der Waals surface area contributed by atoms with Crippen LogP contribution in [0.15, 0.2) is 23.1 Å². The second-order valence-corrected chi connectivity index (χ2v) is 7.04. The van der Waals surface area contributed by atoms with Crippen molar-refractivity contribution in [2.24, 2.45) is 0 Å². The standard InChI is InChI=1S/C11H13ClN2O5S/c1-2-11(15)6-13(7-11)20(18,19)10-4-3-8(14(16)17)5-9(10)12/h3-5,15H,2,6-7H2,1H3. The minimum absolute atomic E-state index is 0.000843. The molecule has 1 aromatic carbocycles. The molecule has 1 saturated heterocycles. The van der Waals surface area contributed by atoms with E-state index >= 15 is 0 Å². The lowest BCUT2D eigenvalue weighted by Gasteiger charge is -2.44. The van der Waals surface area contributed by atoms with Crippen molar-refractivity contribution < 1.29 is 18.4 Å². The molecule has 1 aromatic rings. The quantitative estimate of drug-likeness (QED) is 0.667. The van der Waals surface area contributed by atoms with Gasteiger partial charge in [-0.1, -0.05) is 18.5 Å². The summed E-state index contributed by atoms with van der Waals surface area (Å²) in [5.41, 5.74) is -1.28. The molecular formula is C11H13ClN2O5S. The zero-order chi connectivity index (χ0) is 15.1. The molecule has 0 saturated carbocycles. The molecule has 0 atom stereocenters. The maximum Gasteiger partial charge on any atom is 0.271 e. The third-order valence-electron chi connectivity index (χ3n) is 3.34. The Bertz CT molecular complexity index is 655. The summed E-state index contributed by atoms with van der Waals surface area (Å²) in [4.78, 5) is 9.75. The largest absolute Gasteiger partial charge is 0.387 e. The van der Waals surface area contributed by atoms with Crippen molar-refractivity contribution in [3.8, 4) is 0 Å². The molecule has 1 heterocycles. The molecule has 110 valence electrons. The predicted molar refractivity (Wildman–Crippen MR) is 72.1 cm³/mol. The Hall–Kier alpha value is -1.22. The van der Waals surface area contributed by atoms with Crippen LogP contribution in [-0.2, 0) is 10.0 Å². The number of nitrogens with zero attached hydrogens (tertiary/aromatic N) is 2. The Labute approximate surface area is 121 Å². The van der Waals surface area contributed by atoms with Gasteiger partial charge in [0, 0.05) is 25.2 Å². The summed E-state index contributed by atoms with van der Waals surface area (Å²) in [5, 5.41) is 20.2. The molecule has 0 unspecified atom stereocenters. The van der Waals surface area contributed by atoms with Crippen LogP contribution in [0.2, 0.25) is 5.02 Å². The maximum atomic E-state index is 12.3. The monoisotopic (exact) mass is 320 g/mol. The second-order valence-electron chi connectivity index (χ2n) is 4.72. The van der Waals surface area contributed by atoms with Crippen molar-refractivity contribution in [1.29, 1.82) is 0 Å². The van der Waals surface area contributed by atoms with E-state index in [0.29, 0.717) is 6.42 Å². The molecule has 1 aliphatic rings. The zero-order valence-electron chi connectivity index (χ0n) is 10.6. The van der Waals surface area contributed by atoms with Crippen molar-refractivity contribution in [3.63, 3.8) is 0 Å². The average Bonchev–Trinajstić information content (AvgIpc) is 2.34. The third kappa shape index (κ3) is 2.51. The number of hydrogen-bond donors (Lipinski definition) is 1. The topological polar surface area (TPSA) is 101 Å². The fraction of sp³-hybridized carbons (Fsp3) is 0.455. The summed E-state index contributed by atoms with van der Waals surface area (Å²) in [6, 6.07) is 3.20. The van der Waals surface area contributed by atoms with E-state index in [1.165, 1.54) is 0 Å². The summed E-state index contributed by atoms with van der Waals surface area (Å²) in [5.74, 6) is 0. The summed E-state index contributed by atoms with van der Waals surface area (Å²) < 4.78 is 25.7. The first-order valence-electron chi connectivity index (χ1n) is 5.86. The number of non-ortho nitro benzene ring substituents is 1. The average molecular weight is 321 g/mol. The number of β-amino-alcohol motifs (C(OH)–C–C–N with tert-alkyl or cyclic N) is 1. The van der Waals surface area contributed by atoms with Gasteiger partial charge in [-0.2, -0.15) is 4.31 Å². The van der Waals surface area contributed by atoms with Crippen molar-refractivity contribution in [2.75, 3.05) is 13.1 Å². The van der Waals surface area contributed by atoms with Gasteiger partial charge in [-0.3, -0.25) is 10.1 Å². The molecule has 0 bridgehead atoms. The third-order valence-corrected chi connectivity index (χ3v) is 5.62. The van der Waals surface area contributed by atoms with E-state index in [0.717, 1.165) is 22.5 Å². The lowest BCUT2D eigenvalue weighted by Crippen LogP contribution is -2.62. The summed E-state index contributed by atoms with van der Waals surface area (Å²) in [6.07, 6.45) is 0.451. The van der Waals surface area contributed by atoms with Crippen LogP contribution in [0.1, 0.15) is 13.3 Å². The highest BCUT2D eigenvalue weighted by atomic mass is 35.5. The van der Waals surface area contributed by atoms with Gasteiger partial charge in [0.15, 0.2) is 0 Å². The van der Waals surface area contributed by atoms with E-state index < -0.39 is 20.5 Å². The van der Waals surface area contributed by atoms with Gasteiger partial charge in [-0.05, 0) is 12.5 Å². The van der Waals surface area contributed by atoms with E-state index in [9.17, 15) is 23.6 Å². The Kier molecular flexibility index (Phi) is 3.76. The SMILES string of the molecule is CCC1(O)CN(S(=O)(=O)c2ccc([N+](=O)[O-])cc2Cl)C1. The Balaban J connectivity index is 2.30. The van der Waals surface area contributed by atoms with Crippen molar-refractivity contribution in [2.45, 2.75) is 23.8 Å². The number of sulfonamides is 1. The maximum absolute atomic E-state index is 12.3. The number of rotatable bonds is 4. The van der Waals surface area contributed by atoms with E-state index in [2.05, 4.69) is 0 Å². The summed E-state index contributed by atoms with van der Waals surface area (Å²) in [6.45, 7) is 1.76. The lowest BCUT2D eigenvalue weighted by molar-refractivity contribution is -0.384. The Morgan fingerprint density at radius 1 is 1.50 bits per heavy atom.